The number of nitrogens with zero attached hydrogens (tertiary/aromatic N) is 5. The summed E-state index contributed by atoms with van der Waals surface area (Å²) in [7, 11) is 0. The molecule has 1 aliphatic rings. The maximum Gasteiger partial charge on any atom is 0.236 e. The topological polar surface area (TPSA) is 85.6 Å². The zero-order valence-corrected chi connectivity index (χ0v) is 19.8. The number of anilines is 1. The normalized spacial score (nSPS) is 13.5. The van der Waals surface area contributed by atoms with Gasteiger partial charge in [0.05, 0.1) is 17.0 Å². The van der Waals surface area contributed by atoms with E-state index in [0.717, 1.165) is 45.1 Å². The number of rotatable bonds is 6. The van der Waals surface area contributed by atoms with Crippen LogP contribution in [0.15, 0.2) is 40.5 Å². The van der Waals surface area contributed by atoms with Gasteiger partial charge >= 0.3 is 0 Å². The van der Waals surface area contributed by atoms with Crippen molar-refractivity contribution in [2.45, 2.75) is 37.4 Å². The standard InChI is InChI=1S/C21H19BrN6OS2/c1-2-9-28-15-8-7-12(22)10-13(15)18-19(28)25-21(27-26-18)30-11-17(29)24-20-23-14-5-3-4-6-16(14)31-20/h2,7-8,10H,1,3-6,9,11H2,(H,23,24,29). The molecule has 1 N–H and O–H groups in total. The Bertz CT molecular complexity index is 1290. The Hall–Kier alpha value is -2.30. The van der Waals surface area contributed by atoms with Crippen molar-refractivity contribution in [2.24, 2.45) is 0 Å². The number of halogens is 1. The smallest absolute Gasteiger partial charge is 0.236 e. The molecule has 31 heavy (non-hydrogen) atoms. The lowest BCUT2D eigenvalue weighted by atomic mass is 10.0. The highest BCUT2D eigenvalue weighted by Crippen LogP contribution is 2.31. The van der Waals surface area contributed by atoms with E-state index in [1.807, 2.05) is 24.3 Å². The third-order valence-corrected chi connectivity index (χ3v) is 7.55. The summed E-state index contributed by atoms with van der Waals surface area (Å²) in [6.07, 6.45) is 6.27. The molecule has 7 nitrogen and oxygen atoms in total. The number of carbonyl (C=O) groups excluding carboxylic acids is 1. The molecule has 158 valence electrons. The van der Waals surface area contributed by atoms with Crippen LogP contribution in [0.25, 0.3) is 22.1 Å². The summed E-state index contributed by atoms with van der Waals surface area (Å²) in [6, 6.07) is 6.03. The average Bonchev–Trinajstić information content (AvgIpc) is 3.31. The molecule has 0 bridgehead atoms. The van der Waals surface area contributed by atoms with Crippen molar-refractivity contribution < 1.29 is 4.79 Å². The number of amides is 1. The van der Waals surface area contributed by atoms with Crippen LogP contribution < -0.4 is 5.32 Å². The predicted molar refractivity (Wildman–Crippen MR) is 129 cm³/mol. The number of aryl methyl sites for hydroxylation is 2. The first-order valence-electron chi connectivity index (χ1n) is 9.96. The highest BCUT2D eigenvalue weighted by atomic mass is 79.9. The van der Waals surface area contributed by atoms with Crippen LogP contribution in [0.1, 0.15) is 23.4 Å². The molecule has 0 atom stereocenters. The molecule has 10 heteroatoms. The Labute approximate surface area is 195 Å². The van der Waals surface area contributed by atoms with Crippen LogP contribution in [-0.2, 0) is 24.2 Å². The molecule has 4 aromatic rings. The Morgan fingerprint density at radius 2 is 2.16 bits per heavy atom. The lowest BCUT2D eigenvalue weighted by molar-refractivity contribution is -0.113. The zero-order valence-electron chi connectivity index (χ0n) is 16.6. The molecule has 0 saturated heterocycles. The number of nitrogens with one attached hydrogen (secondary N) is 1. The molecular formula is C21H19BrN6OS2. The second kappa shape index (κ2) is 8.68. The fourth-order valence-corrected chi connectivity index (χ4v) is 5.79. The van der Waals surface area contributed by atoms with E-state index < -0.39 is 0 Å². The molecule has 0 saturated carbocycles. The van der Waals surface area contributed by atoms with Crippen LogP contribution in [0.5, 0.6) is 0 Å². The van der Waals surface area contributed by atoms with Crippen molar-refractivity contribution in [3.63, 3.8) is 0 Å². The molecule has 3 aromatic heterocycles. The lowest BCUT2D eigenvalue weighted by Gasteiger charge is -2.06. The third-order valence-electron chi connectivity index (χ3n) is 5.15. The van der Waals surface area contributed by atoms with Crippen molar-refractivity contribution in [3.8, 4) is 0 Å². The van der Waals surface area contributed by atoms with E-state index >= 15 is 0 Å². The van der Waals surface area contributed by atoms with Crippen LogP contribution in [0, 0.1) is 0 Å². The van der Waals surface area contributed by atoms with Gasteiger partial charge in [-0.15, -0.1) is 28.1 Å². The number of allylic oxidation sites excluding steroid dienone is 1. The highest BCUT2D eigenvalue weighted by Gasteiger charge is 2.18. The summed E-state index contributed by atoms with van der Waals surface area (Å²) in [5, 5.41) is 13.7. The maximum atomic E-state index is 12.4. The Morgan fingerprint density at radius 3 is 3.00 bits per heavy atom. The third kappa shape index (κ3) is 4.11. The summed E-state index contributed by atoms with van der Waals surface area (Å²) >= 11 is 6.37. The molecule has 5 rings (SSSR count). The van der Waals surface area contributed by atoms with Crippen LogP contribution in [0.2, 0.25) is 0 Å². The first-order valence-corrected chi connectivity index (χ1v) is 12.6. The number of fused-ring (bicyclic) bond motifs is 4. The fourth-order valence-electron chi connectivity index (χ4n) is 3.78. The van der Waals surface area contributed by atoms with Gasteiger partial charge in [0.25, 0.3) is 0 Å². The maximum absolute atomic E-state index is 12.4. The molecular weight excluding hydrogens is 496 g/mol. The average molecular weight is 515 g/mol. The summed E-state index contributed by atoms with van der Waals surface area (Å²) in [5.74, 6) is 0.0837. The van der Waals surface area contributed by atoms with Gasteiger partial charge in [0.15, 0.2) is 10.8 Å². The predicted octanol–water partition coefficient (Wildman–Crippen LogP) is 4.99. The largest absolute Gasteiger partial charge is 0.320 e. The minimum Gasteiger partial charge on any atom is -0.320 e. The summed E-state index contributed by atoms with van der Waals surface area (Å²) in [4.78, 5) is 23.0. The molecule has 1 aromatic carbocycles. The van der Waals surface area contributed by atoms with E-state index in [9.17, 15) is 4.79 Å². The van der Waals surface area contributed by atoms with E-state index in [4.69, 9.17) is 0 Å². The molecule has 0 spiro atoms. The monoisotopic (exact) mass is 514 g/mol. The van der Waals surface area contributed by atoms with Gasteiger partial charge in [-0.25, -0.2) is 9.97 Å². The SMILES string of the molecule is C=CCn1c2ccc(Br)cc2c2nnc(SCC(=O)Nc3nc4c(s3)CCCC4)nc21. The number of carbonyl (C=O) groups is 1. The number of thiazole rings is 1. The molecule has 0 aliphatic heterocycles. The van der Waals surface area contributed by atoms with Crippen molar-refractivity contribution in [3.05, 3.63) is 45.9 Å². The Kier molecular flexibility index (Phi) is 5.77. The van der Waals surface area contributed by atoms with Crippen LogP contribution >= 0.6 is 39.0 Å². The van der Waals surface area contributed by atoms with E-state index in [0.29, 0.717) is 16.8 Å². The molecule has 1 amide bonds. The number of hydrogen-bond donors (Lipinski definition) is 1. The van der Waals surface area contributed by atoms with Gasteiger partial charge < -0.3 is 9.88 Å². The minimum absolute atomic E-state index is 0.115. The lowest BCUT2D eigenvalue weighted by Crippen LogP contribution is -2.14. The van der Waals surface area contributed by atoms with Crippen LogP contribution in [-0.4, -0.2) is 36.4 Å². The molecule has 0 fully saturated rings. The first-order chi connectivity index (χ1) is 15.1. The Balaban J connectivity index is 1.35. The van der Waals surface area contributed by atoms with Gasteiger partial charge in [-0.05, 0) is 43.9 Å². The molecule has 0 radical (unpaired) electrons. The van der Waals surface area contributed by atoms with Gasteiger partial charge in [0, 0.05) is 21.3 Å². The zero-order chi connectivity index (χ0) is 21.4. The quantitative estimate of drug-likeness (QED) is 0.288. The van der Waals surface area contributed by atoms with E-state index in [2.05, 4.69) is 52.6 Å². The van der Waals surface area contributed by atoms with E-state index in [1.54, 1.807) is 11.3 Å². The number of hydrogen-bond acceptors (Lipinski definition) is 7. The van der Waals surface area contributed by atoms with Crippen LogP contribution in [0.3, 0.4) is 0 Å². The van der Waals surface area contributed by atoms with E-state index in [1.165, 1.54) is 29.5 Å². The molecule has 1 aliphatic carbocycles. The van der Waals surface area contributed by atoms with Crippen LogP contribution in [0.4, 0.5) is 5.13 Å². The van der Waals surface area contributed by atoms with Crippen molar-refractivity contribution >= 4 is 72.1 Å². The Morgan fingerprint density at radius 1 is 1.29 bits per heavy atom. The number of thioether (sulfide) groups is 1. The minimum atomic E-state index is -0.115. The van der Waals surface area contributed by atoms with E-state index in [-0.39, 0.29) is 11.7 Å². The number of benzene rings is 1. The summed E-state index contributed by atoms with van der Waals surface area (Å²) in [5.41, 5.74) is 3.63. The van der Waals surface area contributed by atoms with Gasteiger partial charge in [0.2, 0.25) is 11.1 Å². The highest BCUT2D eigenvalue weighted by molar-refractivity contribution is 9.10. The number of aromatic nitrogens is 5. The van der Waals surface area contributed by atoms with Gasteiger partial charge in [-0.3, -0.25) is 4.79 Å². The molecule has 0 unspecified atom stereocenters. The molecule has 3 heterocycles. The van der Waals surface area contributed by atoms with Gasteiger partial charge in [-0.1, -0.05) is 33.8 Å². The second-order valence-electron chi connectivity index (χ2n) is 7.26. The summed E-state index contributed by atoms with van der Waals surface area (Å²) < 4.78 is 3.03. The van der Waals surface area contributed by atoms with Crippen molar-refractivity contribution in [2.75, 3.05) is 11.1 Å². The first kappa shape index (κ1) is 20.6. The van der Waals surface area contributed by atoms with Gasteiger partial charge in [0.1, 0.15) is 5.52 Å². The fraction of sp³-hybridized carbons (Fsp3) is 0.286. The summed E-state index contributed by atoms with van der Waals surface area (Å²) in [6.45, 7) is 4.47. The van der Waals surface area contributed by atoms with Gasteiger partial charge in [-0.2, -0.15) is 0 Å². The van der Waals surface area contributed by atoms with Crippen molar-refractivity contribution in [1.29, 1.82) is 0 Å². The van der Waals surface area contributed by atoms with Crippen molar-refractivity contribution in [1.82, 2.24) is 24.7 Å². The second-order valence-corrected chi connectivity index (χ2v) is 10.2.